The molecule has 2 aromatic carbocycles. The Morgan fingerprint density at radius 3 is 2.13 bits per heavy atom. The third kappa shape index (κ3) is 5.45. The third-order valence-corrected chi connectivity index (χ3v) is 5.23. The Morgan fingerprint density at radius 2 is 1.45 bits per heavy atom. The number of rotatable bonds is 6. The molecule has 0 bridgehead atoms. The number of hydrogen-bond donors (Lipinski definition) is 0. The second kappa shape index (κ2) is 9.84. The molecule has 7 heteroatoms. The molecule has 2 heterocycles. The lowest BCUT2D eigenvalue weighted by atomic mass is 10.0. The molecule has 31 heavy (non-hydrogen) atoms. The highest BCUT2D eigenvalue weighted by atomic mass is 16.5. The molecule has 0 saturated carbocycles. The molecule has 0 radical (unpaired) electrons. The molecule has 0 spiro atoms. The smallest absolute Gasteiger partial charge is 0.310 e. The van der Waals surface area contributed by atoms with E-state index in [0.29, 0.717) is 32.1 Å². The van der Waals surface area contributed by atoms with Gasteiger partial charge in [0, 0.05) is 38.6 Å². The Bertz CT molecular complexity index is 1000. The summed E-state index contributed by atoms with van der Waals surface area (Å²) in [5.74, 6) is 0.0813. The van der Waals surface area contributed by atoms with Crippen molar-refractivity contribution in [3.05, 3.63) is 78.6 Å². The van der Waals surface area contributed by atoms with Gasteiger partial charge in [-0.3, -0.25) is 9.59 Å². The topological polar surface area (TPSA) is 75.6 Å². The lowest BCUT2D eigenvalue weighted by molar-refractivity contribution is -0.151. The predicted octanol–water partition coefficient (Wildman–Crippen LogP) is 2.58. The van der Waals surface area contributed by atoms with Crippen LogP contribution in [0.1, 0.15) is 5.56 Å². The minimum Gasteiger partial charge on any atom is -0.455 e. The number of anilines is 1. The van der Waals surface area contributed by atoms with Crippen LogP contribution in [0.15, 0.2) is 73.1 Å². The van der Waals surface area contributed by atoms with Gasteiger partial charge in [-0.1, -0.05) is 54.6 Å². The van der Waals surface area contributed by atoms with Crippen molar-refractivity contribution in [2.75, 3.05) is 37.7 Å². The van der Waals surface area contributed by atoms with Crippen LogP contribution < -0.4 is 4.90 Å². The van der Waals surface area contributed by atoms with Crippen LogP contribution in [0.5, 0.6) is 0 Å². The lowest BCUT2D eigenvalue weighted by Gasteiger charge is -2.34. The monoisotopic (exact) mass is 416 g/mol. The quantitative estimate of drug-likeness (QED) is 0.575. The molecule has 0 unspecified atom stereocenters. The van der Waals surface area contributed by atoms with Crippen LogP contribution >= 0.6 is 0 Å². The molecule has 0 N–H and O–H groups in total. The molecule has 158 valence electrons. The molecular formula is C24H24N4O3. The zero-order valence-corrected chi connectivity index (χ0v) is 17.2. The molecule has 1 aliphatic rings. The van der Waals surface area contributed by atoms with Gasteiger partial charge in [-0.25, -0.2) is 9.97 Å². The summed E-state index contributed by atoms with van der Waals surface area (Å²) in [7, 11) is 0. The minimum atomic E-state index is -0.405. The lowest BCUT2D eigenvalue weighted by Crippen LogP contribution is -2.50. The number of carbonyl (C=O) groups is 2. The number of nitrogens with zero attached hydrogens (tertiary/aromatic N) is 4. The van der Waals surface area contributed by atoms with Gasteiger partial charge in [0.2, 0.25) is 5.95 Å². The number of carbonyl (C=O) groups excluding carboxylic acids is 2. The third-order valence-electron chi connectivity index (χ3n) is 5.23. The highest BCUT2D eigenvalue weighted by Gasteiger charge is 2.23. The van der Waals surface area contributed by atoms with Crippen LogP contribution in [-0.4, -0.2) is 59.5 Å². The molecule has 1 aliphatic heterocycles. The maximum Gasteiger partial charge on any atom is 0.310 e. The van der Waals surface area contributed by atoms with E-state index in [-0.39, 0.29) is 18.9 Å². The molecule has 1 amide bonds. The molecular weight excluding hydrogens is 392 g/mol. The van der Waals surface area contributed by atoms with E-state index in [1.807, 2.05) is 59.5 Å². The molecule has 1 fully saturated rings. The van der Waals surface area contributed by atoms with Gasteiger partial charge in [-0.15, -0.1) is 0 Å². The van der Waals surface area contributed by atoms with Crippen LogP contribution in [0.25, 0.3) is 11.1 Å². The molecule has 4 rings (SSSR count). The van der Waals surface area contributed by atoms with E-state index >= 15 is 0 Å². The Kier molecular flexibility index (Phi) is 6.52. The fourth-order valence-electron chi connectivity index (χ4n) is 3.51. The summed E-state index contributed by atoms with van der Waals surface area (Å²) in [6.07, 6.45) is 3.55. The van der Waals surface area contributed by atoms with E-state index in [0.717, 1.165) is 16.7 Å². The second-order valence-corrected chi connectivity index (χ2v) is 7.32. The first-order chi connectivity index (χ1) is 15.2. The maximum absolute atomic E-state index is 12.4. The fourth-order valence-corrected chi connectivity index (χ4v) is 3.51. The number of amides is 1. The average molecular weight is 416 g/mol. The van der Waals surface area contributed by atoms with Crippen molar-refractivity contribution in [1.82, 2.24) is 14.9 Å². The van der Waals surface area contributed by atoms with Gasteiger partial charge < -0.3 is 14.5 Å². The first-order valence-electron chi connectivity index (χ1n) is 10.3. The van der Waals surface area contributed by atoms with E-state index in [1.54, 1.807) is 23.4 Å². The SMILES string of the molecule is O=C(Cc1ccc(-c2ccccc2)cc1)OCC(=O)N1CCN(c2ncccn2)CC1. The second-order valence-electron chi connectivity index (χ2n) is 7.32. The number of esters is 1. The van der Waals surface area contributed by atoms with E-state index in [1.165, 1.54) is 0 Å². The number of piperazine rings is 1. The van der Waals surface area contributed by atoms with E-state index in [4.69, 9.17) is 4.74 Å². The van der Waals surface area contributed by atoms with Crippen LogP contribution in [0.4, 0.5) is 5.95 Å². The van der Waals surface area contributed by atoms with Gasteiger partial charge in [-0.05, 0) is 22.8 Å². The summed E-state index contributed by atoms with van der Waals surface area (Å²) in [4.78, 5) is 36.8. The Labute approximate surface area is 181 Å². The summed E-state index contributed by atoms with van der Waals surface area (Å²) in [6.45, 7) is 2.17. The van der Waals surface area contributed by atoms with Gasteiger partial charge in [0.05, 0.1) is 6.42 Å². The van der Waals surface area contributed by atoms with Crippen LogP contribution in [0, 0.1) is 0 Å². The van der Waals surface area contributed by atoms with Crippen LogP contribution in [0.2, 0.25) is 0 Å². The zero-order chi connectivity index (χ0) is 21.5. The van der Waals surface area contributed by atoms with Crippen LogP contribution in [0.3, 0.4) is 0 Å². The van der Waals surface area contributed by atoms with Crippen molar-refractivity contribution in [1.29, 1.82) is 0 Å². The number of hydrogen-bond acceptors (Lipinski definition) is 6. The summed E-state index contributed by atoms with van der Waals surface area (Å²) in [5.41, 5.74) is 3.07. The Morgan fingerprint density at radius 1 is 0.806 bits per heavy atom. The van der Waals surface area contributed by atoms with E-state index < -0.39 is 5.97 Å². The number of aromatic nitrogens is 2. The van der Waals surface area contributed by atoms with Crippen molar-refractivity contribution >= 4 is 17.8 Å². The van der Waals surface area contributed by atoms with Gasteiger partial charge in [0.25, 0.3) is 5.91 Å². The molecule has 7 nitrogen and oxygen atoms in total. The zero-order valence-electron chi connectivity index (χ0n) is 17.2. The molecule has 0 atom stereocenters. The summed E-state index contributed by atoms with van der Waals surface area (Å²) < 4.78 is 5.22. The average Bonchev–Trinajstić information content (AvgIpc) is 2.84. The number of ether oxygens (including phenoxy) is 1. The number of benzene rings is 2. The van der Waals surface area contributed by atoms with Crippen molar-refractivity contribution in [2.24, 2.45) is 0 Å². The van der Waals surface area contributed by atoms with Gasteiger partial charge in [0.15, 0.2) is 6.61 Å². The van der Waals surface area contributed by atoms with Gasteiger partial charge in [0.1, 0.15) is 0 Å². The summed E-state index contributed by atoms with van der Waals surface area (Å²) in [6, 6.07) is 19.6. The van der Waals surface area contributed by atoms with Crippen molar-refractivity contribution < 1.29 is 14.3 Å². The van der Waals surface area contributed by atoms with Crippen molar-refractivity contribution in [3.8, 4) is 11.1 Å². The first-order valence-corrected chi connectivity index (χ1v) is 10.3. The molecule has 0 aliphatic carbocycles. The highest BCUT2D eigenvalue weighted by Crippen LogP contribution is 2.19. The minimum absolute atomic E-state index is 0.140. The van der Waals surface area contributed by atoms with Gasteiger partial charge in [-0.2, -0.15) is 0 Å². The van der Waals surface area contributed by atoms with E-state index in [9.17, 15) is 9.59 Å². The summed E-state index contributed by atoms with van der Waals surface area (Å²) in [5, 5.41) is 0. The first kappa shape index (κ1) is 20.5. The van der Waals surface area contributed by atoms with Gasteiger partial charge >= 0.3 is 5.97 Å². The van der Waals surface area contributed by atoms with Crippen molar-refractivity contribution in [2.45, 2.75) is 6.42 Å². The molecule has 3 aromatic rings. The van der Waals surface area contributed by atoms with Crippen LogP contribution in [-0.2, 0) is 20.7 Å². The van der Waals surface area contributed by atoms with Crippen molar-refractivity contribution in [3.63, 3.8) is 0 Å². The predicted molar refractivity (Wildman–Crippen MR) is 117 cm³/mol. The molecule has 1 aromatic heterocycles. The molecule has 1 saturated heterocycles. The Hall–Kier alpha value is -3.74. The Balaban J connectivity index is 1.21. The maximum atomic E-state index is 12.4. The normalized spacial score (nSPS) is 13.7. The van der Waals surface area contributed by atoms with E-state index in [2.05, 4.69) is 9.97 Å². The fraction of sp³-hybridized carbons (Fsp3) is 0.250. The largest absolute Gasteiger partial charge is 0.455 e. The standard InChI is InChI=1S/C24H24N4O3/c29-22(27-13-15-28(16-14-27)24-25-11-4-12-26-24)18-31-23(30)17-19-7-9-21(10-8-19)20-5-2-1-3-6-20/h1-12H,13-18H2. The summed E-state index contributed by atoms with van der Waals surface area (Å²) >= 11 is 0. The highest BCUT2D eigenvalue weighted by molar-refractivity contribution is 5.81.